The normalized spacial score (nSPS) is 16.6. The number of amides is 3. The third kappa shape index (κ3) is 5.67. The predicted molar refractivity (Wildman–Crippen MR) is 102 cm³/mol. The zero-order valence-electron chi connectivity index (χ0n) is 14.3. The number of benzene rings is 1. The maximum atomic E-state index is 12.1. The minimum Gasteiger partial charge on any atom is -0.465 e. The fourth-order valence-corrected chi connectivity index (χ4v) is 3.27. The van der Waals surface area contributed by atoms with Gasteiger partial charge < -0.3 is 10.1 Å². The third-order valence-corrected chi connectivity index (χ3v) is 4.70. The van der Waals surface area contributed by atoms with Crippen LogP contribution >= 0.6 is 23.4 Å². The topological polar surface area (TPSA) is 97.2 Å². The van der Waals surface area contributed by atoms with Crippen molar-refractivity contribution in [3.8, 4) is 0 Å². The van der Waals surface area contributed by atoms with Crippen LogP contribution in [0.5, 0.6) is 0 Å². The van der Waals surface area contributed by atoms with Crippen LogP contribution in [0.4, 0.5) is 4.79 Å². The Morgan fingerprint density at radius 2 is 1.96 bits per heavy atom. The molecule has 9 heteroatoms. The van der Waals surface area contributed by atoms with Crippen molar-refractivity contribution in [2.24, 2.45) is 15.9 Å². The number of esters is 1. The number of halogens is 1. The Balaban J connectivity index is 1.92. The molecule has 1 unspecified atom stereocenters. The molecule has 1 aromatic rings. The van der Waals surface area contributed by atoms with Gasteiger partial charge in [0, 0.05) is 17.3 Å². The van der Waals surface area contributed by atoms with Crippen molar-refractivity contribution in [1.82, 2.24) is 5.32 Å². The van der Waals surface area contributed by atoms with Crippen LogP contribution in [-0.2, 0) is 20.9 Å². The molecule has 0 aliphatic carbocycles. The van der Waals surface area contributed by atoms with Crippen molar-refractivity contribution in [1.29, 1.82) is 0 Å². The zero-order chi connectivity index (χ0) is 19.1. The Morgan fingerprint density at radius 1 is 1.27 bits per heavy atom. The van der Waals surface area contributed by atoms with Crippen molar-refractivity contribution < 1.29 is 19.1 Å². The van der Waals surface area contributed by atoms with Gasteiger partial charge in [0.2, 0.25) is 5.91 Å². The first-order valence-electron chi connectivity index (χ1n) is 7.89. The number of aliphatic imine (C=N–C) groups is 2. The van der Waals surface area contributed by atoms with Gasteiger partial charge >= 0.3 is 12.0 Å². The Kier molecular flexibility index (Phi) is 7.35. The molecular weight excluding hydrogens is 378 g/mol. The molecule has 0 fully saturated rings. The summed E-state index contributed by atoms with van der Waals surface area (Å²) in [7, 11) is 0. The molecule has 7 nitrogen and oxygen atoms in total. The molecule has 1 atom stereocenters. The van der Waals surface area contributed by atoms with Crippen LogP contribution in [0.1, 0.15) is 19.4 Å². The maximum Gasteiger partial charge on any atom is 0.367 e. The lowest BCUT2D eigenvalue weighted by Gasteiger charge is -2.19. The van der Waals surface area contributed by atoms with Crippen molar-refractivity contribution in [3.63, 3.8) is 0 Å². The average molecular weight is 396 g/mol. The highest BCUT2D eigenvalue weighted by Crippen LogP contribution is 2.21. The summed E-state index contributed by atoms with van der Waals surface area (Å²) in [5.74, 6) is -1.61. The summed E-state index contributed by atoms with van der Waals surface area (Å²) in [4.78, 5) is 43.1. The van der Waals surface area contributed by atoms with Gasteiger partial charge in [-0.15, -0.1) is 0 Å². The predicted octanol–water partition coefficient (Wildman–Crippen LogP) is 2.86. The smallest absolute Gasteiger partial charge is 0.367 e. The number of nitrogens with zero attached hydrogens (tertiary/aromatic N) is 2. The summed E-state index contributed by atoms with van der Waals surface area (Å²) < 4.78 is 5.00. The molecule has 0 aromatic heterocycles. The molecule has 138 valence electrons. The second-order valence-corrected chi connectivity index (χ2v) is 6.79. The summed E-state index contributed by atoms with van der Waals surface area (Å²) in [5, 5.41) is 3.61. The summed E-state index contributed by atoms with van der Waals surface area (Å²) in [6.45, 7) is 3.81. The lowest BCUT2D eigenvalue weighted by atomic mass is 10.1. The molecule has 0 saturated carbocycles. The average Bonchev–Trinajstić information content (AvgIpc) is 2.59. The zero-order valence-corrected chi connectivity index (χ0v) is 15.9. The summed E-state index contributed by atoms with van der Waals surface area (Å²) >= 11 is 6.84. The monoisotopic (exact) mass is 395 g/mol. The Bertz CT molecular complexity index is 762. The van der Waals surface area contributed by atoms with Gasteiger partial charge in [0.1, 0.15) is 5.92 Å². The molecule has 2 rings (SSSR count). The summed E-state index contributed by atoms with van der Waals surface area (Å²) in [5.41, 5.74) is 1.22. The van der Waals surface area contributed by atoms with Gasteiger partial charge in [-0.2, -0.15) is 9.98 Å². The summed E-state index contributed by atoms with van der Waals surface area (Å²) in [6, 6.07) is 6.43. The van der Waals surface area contributed by atoms with E-state index in [-0.39, 0.29) is 23.3 Å². The van der Waals surface area contributed by atoms with Crippen molar-refractivity contribution >= 4 is 52.0 Å². The number of thioether (sulfide) groups is 1. The third-order valence-electron chi connectivity index (χ3n) is 3.42. The van der Waals surface area contributed by atoms with Crippen LogP contribution in [0.25, 0.3) is 0 Å². The van der Waals surface area contributed by atoms with Crippen LogP contribution < -0.4 is 5.32 Å². The van der Waals surface area contributed by atoms with E-state index >= 15 is 0 Å². The van der Waals surface area contributed by atoms with Gasteiger partial charge in [-0.3, -0.25) is 9.59 Å². The largest absolute Gasteiger partial charge is 0.465 e. The van der Waals surface area contributed by atoms with E-state index in [1.165, 1.54) is 0 Å². The molecule has 1 aromatic carbocycles. The van der Waals surface area contributed by atoms with E-state index in [1.54, 1.807) is 26.0 Å². The van der Waals surface area contributed by atoms with Crippen LogP contribution in [0.15, 0.2) is 34.3 Å². The quantitative estimate of drug-likeness (QED) is 0.747. The summed E-state index contributed by atoms with van der Waals surface area (Å²) in [6.07, 6.45) is 0. The number of urea groups is 1. The van der Waals surface area contributed by atoms with E-state index in [4.69, 9.17) is 16.3 Å². The first-order valence-corrected chi connectivity index (χ1v) is 9.25. The number of hydrogen-bond donors (Lipinski definition) is 1. The molecule has 3 amide bonds. The Labute approximate surface area is 160 Å². The van der Waals surface area contributed by atoms with Crippen LogP contribution in [0, 0.1) is 5.92 Å². The van der Waals surface area contributed by atoms with Crippen LogP contribution in [-0.4, -0.2) is 41.0 Å². The van der Waals surface area contributed by atoms with Crippen molar-refractivity contribution in [3.05, 3.63) is 34.9 Å². The fourth-order valence-electron chi connectivity index (χ4n) is 2.18. The molecular formula is C17H18ClN3O4S. The molecule has 1 aliphatic heterocycles. The second kappa shape index (κ2) is 9.49. The SMILES string of the molecule is CCOC(=O)C1C(C)=NC(=O)N=C1SCC(=O)NCc1ccc(Cl)cc1. The molecule has 0 radical (unpaired) electrons. The number of hydrogen-bond acceptors (Lipinski definition) is 5. The Morgan fingerprint density at radius 3 is 2.62 bits per heavy atom. The van der Waals surface area contributed by atoms with E-state index in [0.717, 1.165) is 17.3 Å². The van der Waals surface area contributed by atoms with E-state index in [1.807, 2.05) is 12.1 Å². The first-order chi connectivity index (χ1) is 12.4. The Hall–Kier alpha value is -2.19. The van der Waals surface area contributed by atoms with Crippen LogP contribution in [0.2, 0.25) is 5.02 Å². The van der Waals surface area contributed by atoms with Gasteiger partial charge in [0.05, 0.1) is 17.4 Å². The highest BCUT2D eigenvalue weighted by Gasteiger charge is 2.33. The highest BCUT2D eigenvalue weighted by molar-refractivity contribution is 8.14. The van der Waals surface area contributed by atoms with Gasteiger partial charge in [-0.05, 0) is 31.5 Å². The van der Waals surface area contributed by atoms with Gasteiger partial charge in [0.15, 0.2) is 0 Å². The van der Waals surface area contributed by atoms with Crippen molar-refractivity contribution in [2.75, 3.05) is 12.4 Å². The number of carbonyl (C=O) groups is 3. The molecule has 1 aliphatic rings. The first kappa shape index (κ1) is 20.1. The number of nitrogens with one attached hydrogen (secondary N) is 1. The van der Waals surface area contributed by atoms with Gasteiger partial charge in [0.25, 0.3) is 0 Å². The lowest BCUT2D eigenvalue weighted by Crippen LogP contribution is -2.35. The number of ether oxygens (including phenoxy) is 1. The van der Waals surface area contributed by atoms with E-state index < -0.39 is 17.9 Å². The highest BCUT2D eigenvalue weighted by atomic mass is 35.5. The van der Waals surface area contributed by atoms with Crippen LogP contribution in [0.3, 0.4) is 0 Å². The minimum absolute atomic E-state index is 0.0168. The maximum absolute atomic E-state index is 12.1. The van der Waals surface area contributed by atoms with E-state index in [9.17, 15) is 14.4 Å². The molecule has 0 spiro atoms. The van der Waals surface area contributed by atoms with E-state index in [2.05, 4.69) is 15.3 Å². The molecule has 1 heterocycles. The van der Waals surface area contributed by atoms with Gasteiger partial charge in [-0.25, -0.2) is 4.79 Å². The number of rotatable bonds is 6. The molecule has 0 saturated heterocycles. The molecule has 0 bridgehead atoms. The minimum atomic E-state index is -0.846. The lowest BCUT2D eigenvalue weighted by molar-refractivity contribution is -0.143. The van der Waals surface area contributed by atoms with Gasteiger partial charge in [-0.1, -0.05) is 35.5 Å². The standard InChI is InChI=1S/C17H18ClN3O4S/c1-3-25-16(23)14-10(2)20-17(24)21-15(14)26-9-13(22)19-8-11-4-6-12(18)7-5-11/h4-7,14H,3,8-9H2,1-2H3,(H,19,22). The second-order valence-electron chi connectivity index (χ2n) is 5.36. The number of carbonyl (C=O) groups excluding carboxylic acids is 3. The molecule has 1 N–H and O–H groups in total. The van der Waals surface area contributed by atoms with Crippen molar-refractivity contribution in [2.45, 2.75) is 20.4 Å². The van der Waals surface area contributed by atoms with E-state index in [0.29, 0.717) is 17.3 Å². The fraction of sp³-hybridized carbons (Fsp3) is 0.353. The molecule has 26 heavy (non-hydrogen) atoms.